The Morgan fingerprint density at radius 3 is 2.54 bits per heavy atom. The van der Waals surface area contributed by atoms with Gasteiger partial charge in [0.05, 0.1) is 34.3 Å². The van der Waals surface area contributed by atoms with Crippen molar-refractivity contribution in [1.29, 1.82) is 0 Å². The van der Waals surface area contributed by atoms with Gasteiger partial charge in [0.1, 0.15) is 0 Å². The number of rotatable bonds is 7. The quantitative estimate of drug-likeness (QED) is 0.345. The minimum atomic E-state index is -0.568. The minimum absolute atomic E-state index is 0.0334. The Labute approximate surface area is 224 Å². The van der Waals surface area contributed by atoms with Gasteiger partial charge >= 0.3 is 12.0 Å². The number of anilines is 2. The molecular weight excluding hydrogens is 502 g/mol. The van der Waals surface area contributed by atoms with Gasteiger partial charge < -0.3 is 19.4 Å². The molecule has 0 aromatic carbocycles. The van der Waals surface area contributed by atoms with Gasteiger partial charge in [0.2, 0.25) is 5.95 Å². The molecule has 1 N–H and O–H groups in total. The van der Waals surface area contributed by atoms with Gasteiger partial charge in [-0.25, -0.2) is 14.6 Å². The normalized spacial score (nSPS) is 17.4. The van der Waals surface area contributed by atoms with E-state index < -0.39 is 5.41 Å². The van der Waals surface area contributed by atoms with Crippen molar-refractivity contribution in [3.8, 4) is 11.5 Å². The van der Waals surface area contributed by atoms with Crippen LogP contribution in [-0.4, -0.2) is 70.2 Å². The molecule has 2 aliphatic rings. The molecule has 0 bridgehead atoms. The fraction of sp³-hybridized carbons (Fsp3) is 0.480. The molecule has 0 amide bonds. The van der Waals surface area contributed by atoms with Gasteiger partial charge in [-0.05, 0) is 27.2 Å². The monoisotopic (exact) mass is 531 g/mol. The van der Waals surface area contributed by atoms with Crippen LogP contribution in [0.2, 0.25) is 0 Å². The summed E-state index contributed by atoms with van der Waals surface area (Å²) >= 11 is 0. The summed E-state index contributed by atoms with van der Waals surface area (Å²) in [4.78, 5) is 31.7. The molecule has 1 fully saturated rings. The van der Waals surface area contributed by atoms with Crippen LogP contribution in [0.25, 0.3) is 11.5 Å². The fourth-order valence-corrected chi connectivity index (χ4v) is 4.61. The Morgan fingerprint density at radius 1 is 1.08 bits per heavy atom. The smallest absolute Gasteiger partial charge is 0.318 e. The molecule has 1 aliphatic carbocycles. The second kappa shape index (κ2) is 10.0. The summed E-state index contributed by atoms with van der Waals surface area (Å²) in [5, 5.41) is 20.2. The molecule has 1 unspecified atom stereocenters. The Bertz CT molecular complexity index is 1440. The van der Waals surface area contributed by atoms with Crippen molar-refractivity contribution in [2.45, 2.75) is 58.7 Å². The summed E-state index contributed by atoms with van der Waals surface area (Å²) in [6.45, 7) is 6.87. The van der Waals surface area contributed by atoms with Crippen molar-refractivity contribution in [1.82, 2.24) is 45.1 Å². The number of fused-ring (bicyclic) bond motifs is 1. The molecule has 1 saturated heterocycles. The van der Waals surface area contributed by atoms with Crippen molar-refractivity contribution in [3.05, 3.63) is 48.1 Å². The molecule has 14 nitrogen and oxygen atoms in total. The number of ether oxygens (including phenoxy) is 1. The van der Waals surface area contributed by atoms with Crippen LogP contribution in [0, 0.1) is 5.41 Å². The first kappa shape index (κ1) is 24.8. The van der Waals surface area contributed by atoms with E-state index in [1.807, 2.05) is 31.9 Å². The van der Waals surface area contributed by atoms with E-state index in [1.165, 1.54) is 4.68 Å². The molecule has 1 aliphatic heterocycles. The van der Waals surface area contributed by atoms with E-state index in [0.29, 0.717) is 30.0 Å². The summed E-state index contributed by atoms with van der Waals surface area (Å²) in [5.74, 6) is 0.742. The maximum Gasteiger partial charge on any atom is 0.318 e. The molecule has 0 radical (unpaired) electrons. The first-order chi connectivity index (χ1) is 18.8. The lowest BCUT2D eigenvalue weighted by Gasteiger charge is -2.16. The highest BCUT2D eigenvalue weighted by Crippen LogP contribution is 2.30. The van der Waals surface area contributed by atoms with Gasteiger partial charge in [0, 0.05) is 62.7 Å². The Balaban J connectivity index is 1.03. The van der Waals surface area contributed by atoms with E-state index in [2.05, 4.69) is 45.8 Å². The number of nitrogens with one attached hydrogen (secondary N) is 1. The number of carbonyl (C=O) groups excluding carboxylic acids is 1. The molecule has 5 heterocycles. The number of hydrogen-bond donors (Lipinski definition) is 1. The van der Waals surface area contributed by atoms with Gasteiger partial charge in [-0.3, -0.25) is 14.8 Å². The minimum Gasteiger partial charge on any atom is -0.442 e. The van der Waals surface area contributed by atoms with Crippen molar-refractivity contribution in [2.75, 3.05) is 23.3 Å². The number of carbonyl (C=O) groups is 1. The Hall–Kier alpha value is -4.49. The third-order valence-electron chi connectivity index (χ3n) is 6.76. The highest BCUT2D eigenvalue weighted by molar-refractivity contribution is 5.75. The molecule has 0 spiro atoms. The SMILES string of the molecule is CC(C)(C)C(=O)OCn1cc(C2CCN(c3nnc(-c4cnc(NC5Cc6nccnc6C5)nc4)o3)C2)nn1. The zero-order valence-corrected chi connectivity index (χ0v) is 22.0. The molecule has 6 rings (SSSR count). The molecule has 4 aromatic rings. The van der Waals surface area contributed by atoms with E-state index in [0.717, 1.165) is 42.9 Å². The summed E-state index contributed by atoms with van der Waals surface area (Å²) in [6, 6.07) is 0.594. The van der Waals surface area contributed by atoms with Crippen LogP contribution in [0.3, 0.4) is 0 Å². The van der Waals surface area contributed by atoms with Crippen molar-refractivity contribution in [2.24, 2.45) is 5.41 Å². The maximum atomic E-state index is 12.0. The first-order valence-electron chi connectivity index (χ1n) is 12.9. The van der Waals surface area contributed by atoms with Crippen molar-refractivity contribution in [3.63, 3.8) is 0 Å². The second-order valence-electron chi connectivity index (χ2n) is 10.8. The average Bonchev–Trinajstić information content (AvgIpc) is 3.72. The van der Waals surface area contributed by atoms with E-state index >= 15 is 0 Å². The summed E-state index contributed by atoms with van der Waals surface area (Å²) in [5.41, 5.74) is 2.93. The maximum absolute atomic E-state index is 12.0. The van der Waals surface area contributed by atoms with Crippen LogP contribution in [0.4, 0.5) is 12.0 Å². The highest BCUT2D eigenvalue weighted by Gasteiger charge is 2.30. The van der Waals surface area contributed by atoms with E-state index in [-0.39, 0.29) is 24.7 Å². The second-order valence-corrected chi connectivity index (χ2v) is 10.8. The third-order valence-corrected chi connectivity index (χ3v) is 6.76. The summed E-state index contributed by atoms with van der Waals surface area (Å²) < 4.78 is 12.8. The van der Waals surface area contributed by atoms with Crippen molar-refractivity contribution < 1.29 is 13.9 Å². The molecule has 39 heavy (non-hydrogen) atoms. The molecule has 1 atom stereocenters. The van der Waals surface area contributed by atoms with Crippen molar-refractivity contribution >= 4 is 17.9 Å². The van der Waals surface area contributed by atoms with Gasteiger partial charge in [-0.15, -0.1) is 10.2 Å². The fourth-order valence-electron chi connectivity index (χ4n) is 4.61. The van der Waals surface area contributed by atoms with Gasteiger partial charge in [0.15, 0.2) is 6.73 Å². The zero-order valence-electron chi connectivity index (χ0n) is 22.0. The predicted molar refractivity (Wildman–Crippen MR) is 137 cm³/mol. The first-order valence-corrected chi connectivity index (χ1v) is 12.9. The average molecular weight is 532 g/mol. The lowest BCUT2D eigenvalue weighted by Crippen LogP contribution is -2.24. The van der Waals surface area contributed by atoms with E-state index in [4.69, 9.17) is 9.15 Å². The molecule has 14 heteroatoms. The number of aromatic nitrogens is 9. The topological polar surface area (TPSA) is 163 Å². The number of nitrogens with zero attached hydrogens (tertiary/aromatic N) is 10. The van der Waals surface area contributed by atoms with Crippen LogP contribution in [0.15, 0.2) is 35.4 Å². The Kier molecular flexibility index (Phi) is 6.37. The molecular formula is C25H29N11O3. The van der Waals surface area contributed by atoms with Gasteiger partial charge in [0.25, 0.3) is 5.89 Å². The van der Waals surface area contributed by atoms with Crippen LogP contribution in [-0.2, 0) is 29.1 Å². The predicted octanol–water partition coefficient (Wildman–Crippen LogP) is 2.03. The Morgan fingerprint density at radius 2 is 1.82 bits per heavy atom. The number of esters is 1. The highest BCUT2D eigenvalue weighted by atomic mass is 16.5. The summed E-state index contributed by atoms with van der Waals surface area (Å²) in [6.07, 6.45) is 11.0. The van der Waals surface area contributed by atoms with Gasteiger partial charge in [-0.2, -0.15) is 0 Å². The molecule has 202 valence electrons. The summed E-state index contributed by atoms with van der Waals surface area (Å²) in [7, 11) is 0. The molecule has 4 aromatic heterocycles. The standard InChI is InChI=1S/C25H29N11O3/c1-25(2,3)22(37)38-14-36-13-20(31-34-36)15-4-7-35(12-15)24-33-32-21(39-24)16-10-28-23(29-11-16)30-17-8-18-19(9-17)27-6-5-26-18/h5-6,10-11,13,15,17H,4,7-9,12,14H2,1-3H3,(H,28,29,30). The van der Waals surface area contributed by atoms with E-state index in [9.17, 15) is 4.79 Å². The lowest BCUT2D eigenvalue weighted by atomic mass is 9.98. The van der Waals surface area contributed by atoms with Crippen LogP contribution in [0.5, 0.6) is 0 Å². The van der Waals surface area contributed by atoms with E-state index in [1.54, 1.807) is 24.8 Å². The van der Waals surface area contributed by atoms with Crippen LogP contribution in [0.1, 0.15) is 50.2 Å². The third kappa shape index (κ3) is 5.40. The zero-order chi connectivity index (χ0) is 27.0. The van der Waals surface area contributed by atoms with Gasteiger partial charge in [-0.1, -0.05) is 10.3 Å². The van der Waals surface area contributed by atoms with Crippen LogP contribution < -0.4 is 10.2 Å². The molecule has 0 saturated carbocycles. The lowest BCUT2D eigenvalue weighted by molar-refractivity contribution is -0.157. The number of hydrogen-bond acceptors (Lipinski definition) is 13. The van der Waals surface area contributed by atoms with Crippen LogP contribution >= 0.6 is 0 Å². The largest absolute Gasteiger partial charge is 0.442 e.